The lowest BCUT2D eigenvalue weighted by Crippen LogP contribution is -2.26. The molecule has 0 aliphatic rings. The van der Waals surface area contributed by atoms with E-state index >= 15 is 0 Å². The number of hydrogen-bond acceptors (Lipinski definition) is 3. The number of rotatable bonds is 7. The average molecular weight is 205 g/mol. The largest absolute Gasteiger partial charge is 0.481 e. The van der Waals surface area contributed by atoms with Gasteiger partial charge in [-0.05, 0) is 18.1 Å². The number of carboxylic acids is 1. The molecule has 0 spiro atoms. The Bertz CT molecular complexity index is 153. The summed E-state index contributed by atoms with van der Waals surface area (Å²) in [5, 5.41) is 8.53. The smallest absolute Gasteiger partial charge is 0.303 e. The van der Waals surface area contributed by atoms with Crippen LogP contribution < -0.4 is 5.73 Å². The number of carboxylic acid groups (broad SMARTS) is 1. The summed E-state index contributed by atoms with van der Waals surface area (Å²) in [5.74, 6) is 1.45. The van der Waals surface area contributed by atoms with Crippen molar-refractivity contribution >= 4 is 17.7 Å². The third-order valence-corrected chi connectivity index (χ3v) is 2.84. The van der Waals surface area contributed by atoms with Crippen LogP contribution in [0.15, 0.2) is 0 Å². The van der Waals surface area contributed by atoms with Gasteiger partial charge in [0.25, 0.3) is 0 Å². The summed E-state index contributed by atoms with van der Waals surface area (Å²) < 4.78 is 0. The Labute approximate surface area is 84.1 Å². The van der Waals surface area contributed by atoms with Gasteiger partial charge in [0.1, 0.15) is 0 Å². The number of hydrogen-bond donors (Lipinski definition) is 2. The summed E-state index contributed by atoms with van der Waals surface area (Å²) in [6.07, 6.45) is 1.03. The first kappa shape index (κ1) is 12.8. The molecule has 0 amide bonds. The molecule has 0 aliphatic heterocycles. The van der Waals surface area contributed by atoms with E-state index in [0.29, 0.717) is 0 Å². The standard InChI is InChI=1S/C9H19NO2S/c1-3-13-6-8(10)4-7(2)5-9(11)12/h7-8H,3-6,10H2,1-2H3,(H,11,12). The molecule has 0 heterocycles. The lowest BCUT2D eigenvalue weighted by Gasteiger charge is -2.14. The van der Waals surface area contributed by atoms with Crippen molar-refractivity contribution in [1.29, 1.82) is 0 Å². The number of nitrogens with two attached hydrogens (primary N) is 1. The van der Waals surface area contributed by atoms with Crippen LogP contribution in [0.1, 0.15) is 26.7 Å². The van der Waals surface area contributed by atoms with Crippen molar-refractivity contribution in [3.8, 4) is 0 Å². The highest BCUT2D eigenvalue weighted by Crippen LogP contribution is 2.12. The second-order valence-electron chi connectivity index (χ2n) is 3.36. The van der Waals surface area contributed by atoms with Crippen LogP contribution in [0.4, 0.5) is 0 Å². The molecular weight excluding hydrogens is 186 g/mol. The van der Waals surface area contributed by atoms with E-state index in [2.05, 4.69) is 6.92 Å². The van der Waals surface area contributed by atoms with Gasteiger partial charge in [-0.2, -0.15) is 11.8 Å². The second kappa shape index (κ2) is 7.21. The maximum Gasteiger partial charge on any atom is 0.303 e. The summed E-state index contributed by atoms with van der Waals surface area (Å²) in [4.78, 5) is 10.4. The molecule has 0 saturated carbocycles. The van der Waals surface area contributed by atoms with E-state index in [4.69, 9.17) is 10.8 Å². The van der Waals surface area contributed by atoms with Crippen molar-refractivity contribution in [2.24, 2.45) is 11.7 Å². The molecule has 0 aromatic carbocycles. The fourth-order valence-electron chi connectivity index (χ4n) is 1.24. The molecule has 0 fully saturated rings. The van der Waals surface area contributed by atoms with Gasteiger partial charge < -0.3 is 10.8 Å². The third-order valence-electron chi connectivity index (χ3n) is 1.76. The molecule has 0 bridgehead atoms. The maximum atomic E-state index is 10.4. The zero-order chi connectivity index (χ0) is 10.3. The highest BCUT2D eigenvalue weighted by atomic mass is 32.2. The first-order valence-corrected chi connectivity index (χ1v) is 5.76. The van der Waals surface area contributed by atoms with Crippen molar-refractivity contribution in [3.05, 3.63) is 0 Å². The first-order chi connectivity index (χ1) is 6.06. The molecule has 0 saturated heterocycles. The van der Waals surface area contributed by atoms with Gasteiger partial charge in [-0.15, -0.1) is 0 Å². The Hall–Kier alpha value is -0.220. The van der Waals surface area contributed by atoms with Crippen molar-refractivity contribution in [1.82, 2.24) is 0 Å². The Morgan fingerprint density at radius 2 is 2.23 bits per heavy atom. The van der Waals surface area contributed by atoms with Crippen LogP contribution in [-0.4, -0.2) is 28.6 Å². The summed E-state index contributed by atoms with van der Waals surface area (Å²) in [6, 6.07) is 0.138. The average Bonchev–Trinajstić information content (AvgIpc) is 1.98. The van der Waals surface area contributed by atoms with E-state index in [9.17, 15) is 4.79 Å². The van der Waals surface area contributed by atoms with Gasteiger partial charge in [-0.25, -0.2) is 0 Å². The monoisotopic (exact) mass is 205 g/mol. The summed E-state index contributed by atoms with van der Waals surface area (Å²) in [5.41, 5.74) is 5.82. The molecule has 0 radical (unpaired) electrons. The fraction of sp³-hybridized carbons (Fsp3) is 0.889. The zero-order valence-electron chi connectivity index (χ0n) is 8.32. The van der Waals surface area contributed by atoms with E-state index in [1.807, 2.05) is 6.92 Å². The molecule has 0 rings (SSSR count). The number of carbonyl (C=O) groups is 1. The lowest BCUT2D eigenvalue weighted by molar-refractivity contribution is -0.138. The quantitative estimate of drug-likeness (QED) is 0.662. The van der Waals surface area contributed by atoms with Gasteiger partial charge in [-0.3, -0.25) is 4.79 Å². The van der Waals surface area contributed by atoms with Crippen molar-refractivity contribution in [3.63, 3.8) is 0 Å². The van der Waals surface area contributed by atoms with E-state index in [1.54, 1.807) is 11.8 Å². The molecule has 3 nitrogen and oxygen atoms in total. The minimum atomic E-state index is -0.733. The van der Waals surface area contributed by atoms with E-state index in [-0.39, 0.29) is 18.4 Å². The summed E-state index contributed by atoms with van der Waals surface area (Å²) in [6.45, 7) is 4.03. The van der Waals surface area contributed by atoms with E-state index in [1.165, 1.54) is 0 Å². The van der Waals surface area contributed by atoms with Crippen molar-refractivity contribution < 1.29 is 9.90 Å². The summed E-state index contributed by atoms with van der Waals surface area (Å²) >= 11 is 1.80. The Kier molecular flexibility index (Phi) is 7.09. The van der Waals surface area contributed by atoms with Crippen LogP contribution in [-0.2, 0) is 4.79 Å². The highest BCUT2D eigenvalue weighted by Gasteiger charge is 2.11. The molecule has 0 aromatic heterocycles. The Morgan fingerprint density at radius 1 is 1.62 bits per heavy atom. The second-order valence-corrected chi connectivity index (χ2v) is 4.68. The van der Waals surface area contributed by atoms with Crippen LogP contribution in [0.5, 0.6) is 0 Å². The predicted octanol–water partition coefficient (Wildman–Crippen LogP) is 1.57. The van der Waals surface area contributed by atoms with Crippen LogP contribution in [0, 0.1) is 5.92 Å². The predicted molar refractivity (Wildman–Crippen MR) is 57.0 cm³/mol. The summed E-state index contributed by atoms with van der Waals surface area (Å²) in [7, 11) is 0. The van der Waals surface area contributed by atoms with Gasteiger partial charge in [0, 0.05) is 18.2 Å². The van der Waals surface area contributed by atoms with Crippen LogP contribution in [0.25, 0.3) is 0 Å². The van der Waals surface area contributed by atoms with E-state index < -0.39 is 5.97 Å². The van der Waals surface area contributed by atoms with Gasteiger partial charge >= 0.3 is 5.97 Å². The zero-order valence-corrected chi connectivity index (χ0v) is 9.14. The SMILES string of the molecule is CCSCC(N)CC(C)CC(=O)O. The Balaban J connectivity index is 3.52. The topological polar surface area (TPSA) is 63.3 Å². The molecular formula is C9H19NO2S. The van der Waals surface area contributed by atoms with Crippen LogP contribution in [0.3, 0.4) is 0 Å². The van der Waals surface area contributed by atoms with Crippen LogP contribution in [0.2, 0.25) is 0 Å². The van der Waals surface area contributed by atoms with Gasteiger partial charge in [0.05, 0.1) is 0 Å². The minimum Gasteiger partial charge on any atom is -0.481 e. The first-order valence-electron chi connectivity index (χ1n) is 4.61. The van der Waals surface area contributed by atoms with Gasteiger partial charge in [0.15, 0.2) is 0 Å². The van der Waals surface area contributed by atoms with Gasteiger partial charge in [-0.1, -0.05) is 13.8 Å². The highest BCUT2D eigenvalue weighted by molar-refractivity contribution is 7.99. The van der Waals surface area contributed by atoms with Crippen molar-refractivity contribution in [2.75, 3.05) is 11.5 Å². The van der Waals surface area contributed by atoms with E-state index in [0.717, 1.165) is 17.9 Å². The molecule has 3 N–H and O–H groups in total. The lowest BCUT2D eigenvalue weighted by atomic mass is 10.00. The normalized spacial score (nSPS) is 15.3. The fourth-order valence-corrected chi connectivity index (χ4v) is 1.91. The number of aliphatic carboxylic acids is 1. The molecule has 4 heteroatoms. The molecule has 78 valence electrons. The number of thioether (sulfide) groups is 1. The Morgan fingerprint density at radius 3 is 2.69 bits per heavy atom. The third kappa shape index (κ3) is 8.12. The maximum absolute atomic E-state index is 10.4. The van der Waals surface area contributed by atoms with Gasteiger partial charge in [0.2, 0.25) is 0 Å². The van der Waals surface area contributed by atoms with Crippen LogP contribution >= 0.6 is 11.8 Å². The van der Waals surface area contributed by atoms with Crippen molar-refractivity contribution in [2.45, 2.75) is 32.7 Å². The molecule has 0 aromatic rings. The molecule has 13 heavy (non-hydrogen) atoms. The molecule has 0 aliphatic carbocycles. The minimum absolute atomic E-state index is 0.138. The molecule has 2 unspecified atom stereocenters. The molecule has 2 atom stereocenters.